The molecular formula is C11H4BrF4N3. The number of rotatable bonds is 1. The van der Waals surface area contributed by atoms with Crippen LogP contribution in [-0.2, 0) is 6.18 Å². The molecule has 0 atom stereocenters. The van der Waals surface area contributed by atoms with Crippen LogP contribution < -0.4 is 0 Å². The van der Waals surface area contributed by atoms with E-state index in [0.717, 1.165) is 4.68 Å². The average molecular weight is 334 g/mol. The van der Waals surface area contributed by atoms with Gasteiger partial charge in [-0.25, -0.2) is 9.07 Å². The lowest BCUT2D eigenvalue weighted by Crippen LogP contribution is -2.03. The Bertz CT molecular complexity index is 670. The lowest BCUT2D eigenvalue weighted by molar-refractivity contribution is -0.137. The Labute approximate surface area is 113 Å². The van der Waals surface area contributed by atoms with Gasteiger partial charge in [0.2, 0.25) is 0 Å². The molecule has 1 aromatic heterocycles. The van der Waals surface area contributed by atoms with Crippen LogP contribution in [0.25, 0.3) is 5.69 Å². The maximum absolute atomic E-state index is 13.9. The van der Waals surface area contributed by atoms with Crippen LogP contribution >= 0.6 is 15.9 Å². The largest absolute Gasteiger partial charge is 0.419 e. The number of benzene rings is 1. The summed E-state index contributed by atoms with van der Waals surface area (Å²) in [7, 11) is 0. The lowest BCUT2D eigenvalue weighted by atomic mass is 10.2. The molecule has 0 amide bonds. The van der Waals surface area contributed by atoms with Crippen molar-refractivity contribution in [2.45, 2.75) is 6.18 Å². The summed E-state index contributed by atoms with van der Waals surface area (Å²) in [4.78, 5) is 0. The van der Waals surface area contributed by atoms with Gasteiger partial charge in [0.1, 0.15) is 11.8 Å². The predicted molar refractivity (Wildman–Crippen MR) is 60.9 cm³/mol. The first-order chi connectivity index (χ1) is 8.84. The molecule has 2 rings (SSSR count). The van der Waals surface area contributed by atoms with Gasteiger partial charge in [-0.1, -0.05) is 0 Å². The van der Waals surface area contributed by atoms with Crippen LogP contribution in [0.1, 0.15) is 11.1 Å². The molecule has 0 aliphatic heterocycles. The second-order valence-electron chi connectivity index (χ2n) is 3.54. The number of nitrogens with zero attached hydrogens (tertiary/aromatic N) is 3. The number of hydrogen-bond acceptors (Lipinski definition) is 2. The highest BCUT2D eigenvalue weighted by molar-refractivity contribution is 9.10. The van der Waals surface area contributed by atoms with Crippen LogP contribution in [-0.4, -0.2) is 9.78 Å². The highest BCUT2D eigenvalue weighted by Gasteiger charge is 2.32. The summed E-state index contributed by atoms with van der Waals surface area (Å²) in [5.74, 6) is -0.851. The molecule has 0 unspecified atom stereocenters. The zero-order valence-corrected chi connectivity index (χ0v) is 10.6. The molecule has 98 valence electrons. The van der Waals surface area contributed by atoms with Gasteiger partial charge in [-0.2, -0.15) is 23.5 Å². The van der Waals surface area contributed by atoms with Gasteiger partial charge >= 0.3 is 6.18 Å². The van der Waals surface area contributed by atoms with E-state index in [1.165, 1.54) is 12.1 Å². The summed E-state index contributed by atoms with van der Waals surface area (Å²) in [6.07, 6.45) is -3.26. The summed E-state index contributed by atoms with van der Waals surface area (Å²) < 4.78 is 51.8. The molecule has 2 aromatic rings. The third-order valence-corrected chi connectivity index (χ3v) is 3.11. The zero-order valence-electron chi connectivity index (χ0n) is 9.04. The topological polar surface area (TPSA) is 41.6 Å². The average Bonchev–Trinajstić information content (AvgIpc) is 2.81. The van der Waals surface area contributed by atoms with Crippen molar-refractivity contribution in [1.29, 1.82) is 5.26 Å². The Morgan fingerprint density at radius 2 is 2.00 bits per heavy atom. The fourth-order valence-electron chi connectivity index (χ4n) is 1.40. The molecule has 0 aliphatic rings. The van der Waals surface area contributed by atoms with Gasteiger partial charge in [0, 0.05) is 6.20 Å². The first-order valence-corrected chi connectivity index (χ1v) is 5.64. The minimum Gasteiger partial charge on any atom is -0.237 e. The van der Waals surface area contributed by atoms with Crippen LogP contribution in [0.15, 0.2) is 29.0 Å². The molecule has 0 bridgehead atoms. The number of nitriles is 1. The summed E-state index contributed by atoms with van der Waals surface area (Å²) in [6, 6.07) is 4.22. The van der Waals surface area contributed by atoms with E-state index in [1.54, 1.807) is 6.07 Å². The van der Waals surface area contributed by atoms with Crippen LogP contribution in [0, 0.1) is 17.1 Å². The van der Waals surface area contributed by atoms with E-state index in [4.69, 9.17) is 5.26 Å². The van der Waals surface area contributed by atoms with Gasteiger partial charge < -0.3 is 0 Å². The Morgan fingerprint density at radius 1 is 1.32 bits per heavy atom. The van der Waals surface area contributed by atoms with E-state index >= 15 is 0 Å². The Kier molecular flexibility index (Phi) is 3.32. The highest BCUT2D eigenvalue weighted by Crippen LogP contribution is 2.30. The molecule has 19 heavy (non-hydrogen) atoms. The summed E-state index contributed by atoms with van der Waals surface area (Å²) in [5.41, 5.74) is -1.11. The smallest absolute Gasteiger partial charge is 0.237 e. The molecule has 1 aromatic carbocycles. The first-order valence-electron chi connectivity index (χ1n) is 4.85. The first kappa shape index (κ1) is 13.5. The molecule has 0 radical (unpaired) electrons. The quantitative estimate of drug-likeness (QED) is 0.747. The molecule has 0 N–H and O–H groups in total. The fraction of sp³-hybridized carbons (Fsp3) is 0.0909. The molecule has 0 aliphatic carbocycles. The molecule has 1 heterocycles. The molecule has 0 spiro atoms. The number of alkyl halides is 3. The molecular weight excluding hydrogens is 330 g/mol. The lowest BCUT2D eigenvalue weighted by Gasteiger charge is -2.06. The van der Waals surface area contributed by atoms with E-state index in [1.807, 2.05) is 0 Å². The van der Waals surface area contributed by atoms with E-state index < -0.39 is 17.6 Å². The molecule has 3 nitrogen and oxygen atoms in total. The Balaban J connectivity index is 2.52. The van der Waals surface area contributed by atoms with Gasteiger partial charge in [-0.15, -0.1) is 0 Å². The van der Waals surface area contributed by atoms with Crippen molar-refractivity contribution in [2.24, 2.45) is 0 Å². The Hall–Kier alpha value is -1.88. The molecule has 0 fully saturated rings. The highest BCUT2D eigenvalue weighted by atomic mass is 79.9. The van der Waals surface area contributed by atoms with Gasteiger partial charge in [-0.3, -0.25) is 0 Å². The second kappa shape index (κ2) is 4.66. The van der Waals surface area contributed by atoms with Gasteiger partial charge in [0.25, 0.3) is 0 Å². The predicted octanol–water partition coefficient (Wildman–Crippen LogP) is 3.66. The molecule has 8 heteroatoms. The van der Waals surface area contributed by atoms with Crippen LogP contribution in [0.5, 0.6) is 0 Å². The number of halogens is 5. The SMILES string of the molecule is N#Cc1ccc(-n2cc(C(F)(F)F)cn2)c(F)c1Br. The Morgan fingerprint density at radius 3 is 2.53 bits per heavy atom. The third-order valence-electron chi connectivity index (χ3n) is 2.34. The van der Waals surface area contributed by atoms with Crippen molar-refractivity contribution in [3.63, 3.8) is 0 Å². The normalized spacial score (nSPS) is 11.4. The van der Waals surface area contributed by atoms with Crippen molar-refractivity contribution in [3.8, 4) is 11.8 Å². The second-order valence-corrected chi connectivity index (χ2v) is 4.34. The fourth-order valence-corrected chi connectivity index (χ4v) is 1.83. The molecule has 0 saturated heterocycles. The van der Waals surface area contributed by atoms with E-state index in [9.17, 15) is 17.6 Å². The van der Waals surface area contributed by atoms with Crippen LogP contribution in [0.3, 0.4) is 0 Å². The van der Waals surface area contributed by atoms with Crippen molar-refractivity contribution in [2.75, 3.05) is 0 Å². The van der Waals surface area contributed by atoms with Crippen LogP contribution in [0.4, 0.5) is 17.6 Å². The molecule has 0 saturated carbocycles. The van der Waals surface area contributed by atoms with Gasteiger partial charge in [-0.05, 0) is 28.1 Å². The van der Waals surface area contributed by atoms with E-state index in [2.05, 4.69) is 21.0 Å². The third kappa shape index (κ3) is 2.46. The van der Waals surface area contributed by atoms with Gasteiger partial charge in [0.15, 0.2) is 5.82 Å². The maximum atomic E-state index is 13.9. The summed E-state index contributed by atoms with van der Waals surface area (Å²) in [6.45, 7) is 0. The number of hydrogen-bond donors (Lipinski definition) is 0. The van der Waals surface area contributed by atoms with Crippen molar-refractivity contribution >= 4 is 15.9 Å². The maximum Gasteiger partial charge on any atom is 0.419 e. The monoisotopic (exact) mass is 333 g/mol. The van der Waals surface area contributed by atoms with E-state index in [0.29, 0.717) is 12.4 Å². The zero-order chi connectivity index (χ0) is 14.2. The summed E-state index contributed by atoms with van der Waals surface area (Å²) >= 11 is 2.87. The minimum absolute atomic E-state index is 0.0458. The number of aromatic nitrogens is 2. The minimum atomic E-state index is -4.54. The van der Waals surface area contributed by atoms with Crippen molar-refractivity contribution < 1.29 is 17.6 Å². The van der Waals surface area contributed by atoms with Crippen molar-refractivity contribution in [3.05, 3.63) is 45.9 Å². The van der Waals surface area contributed by atoms with Crippen LogP contribution in [0.2, 0.25) is 0 Å². The van der Waals surface area contributed by atoms with Gasteiger partial charge in [0.05, 0.1) is 21.8 Å². The van der Waals surface area contributed by atoms with E-state index in [-0.39, 0.29) is 15.7 Å². The summed E-state index contributed by atoms with van der Waals surface area (Å²) in [5, 5.41) is 12.2. The standard InChI is InChI=1S/C11H4BrF4N3/c12-9-6(3-17)1-2-8(10(9)13)19-5-7(4-18-19)11(14,15)16/h1-2,4-5H. The van der Waals surface area contributed by atoms with Crippen molar-refractivity contribution in [1.82, 2.24) is 9.78 Å².